The van der Waals surface area contributed by atoms with Crippen molar-refractivity contribution in [2.24, 2.45) is 11.7 Å². The zero-order valence-corrected chi connectivity index (χ0v) is 16.8. The van der Waals surface area contributed by atoms with Gasteiger partial charge >= 0.3 is 0 Å². The van der Waals surface area contributed by atoms with Gasteiger partial charge in [-0.1, -0.05) is 97.3 Å². The summed E-state index contributed by atoms with van der Waals surface area (Å²) in [4.78, 5) is 0. The molecule has 0 aromatic carbocycles. The van der Waals surface area contributed by atoms with Crippen LogP contribution in [0.15, 0.2) is 0 Å². The maximum Gasteiger partial charge on any atom is 0.0125 e. The minimum atomic E-state index is 0. The van der Waals surface area contributed by atoms with Gasteiger partial charge in [-0.05, 0) is 26.2 Å². The van der Waals surface area contributed by atoms with Crippen molar-refractivity contribution in [3.63, 3.8) is 0 Å². The summed E-state index contributed by atoms with van der Waals surface area (Å²) in [6.45, 7) is 8.93. The Labute approximate surface area is 147 Å². The van der Waals surface area contributed by atoms with E-state index in [9.17, 15) is 0 Å². The smallest absolute Gasteiger partial charge is 0.0125 e. The van der Waals surface area contributed by atoms with Crippen molar-refractivity contribution in [3.05, 3.63) is 0 Å². The Morgan fingerprint density at radius 2 is 1.05 bits per heavy atom. The van der Waals surface area contributed by atoms with Gasteiger partial charge in [0.1, 0.15) is 0 Å². The number of hydrogen-bond acceptors (Lipinski definition) is 1. The van der Waals surface area contributed by atoms with Gasteiger partial charge in [0.15, 0.2) is 0 Å². The summed E-state index contributed by atoms with van der Waals surface area (Å²) in [6.07, 6.45) is 19.7. The zero-order valence-electron chi connectivity index (χ0n) is 16.0. The molecule has 2 N–H and O–H groups in total. The Kier molecular flexibility index (Phi) is 18.0. The molecule has 0 aliphatic carbocycles. The maximum atomic E-state index is 6.23. The number of halogens is 1. The molecule has 0 heterocycles. The number of hydrogen-bond donors (Lipinski definition) is 1. The van der Waals surface area contributed by atoms with Gasteiger partial charge < -0.3 is 5.73 Å². The van der Waals surface area contributed by atoms with E-state index in [0.29, 0.717) is 5.92 Å². The largest absolute Gasteiger partial charge is 0.325 e. The highest BCUT2D eigenvalue weighted by atomic mass is 35.5. The van der Waals surface area contributed by atoms with Gasteiger partial charge in [0.2, 0.25) is 0 Å². The second-order valence-electron chi connectivity index (χ2n) is 7.60. The Morgan fingerprint density at radius 3 is 1.36 bits per heavy atom. The van der Waals surface area contributed by atoms with Crippen molar-refractivity contribution in [2.75, 3.05) is 0 Å². The number of nitrogens with two attached hydrogens (primary N) is 1. The van der Waals surface area contributed by atoms with Gasteiger partial charge in [0.25, 0.3) is 0 Å². The van der Waals surface area contributed by atoms with Gasteiger partial charge in [-0.3, -0.25) is 0 Å². The Bertz CT molecular complexity index is 210. The van der Waals surface area contributed by atoms with Crippen LogP contribution in [0.2, 0.25) is 0 Å². The van der Waals surface area contributed by atoms with Crippen molar-refractivity contribution in [2.45, 2.75) is 123 Å². The summed E-state index contributed by atoms with van der Waals surface area (Å²) in [6, 6.07) is 0. The fourth-order valence-corrected chi connectivity index (χ4v) is 3.33. The Balaban J connectivity index is 0. The van der Waals surface area contributed by atoms with E-state index in [1.54, 1.807) is 0 Å². The van der Waals surface area contributed by atoms with Crippen molar-refractivity contribution in [1.82, 2.24) is 0 Å². The van der Waals surface area contributed by atoms with Crippen LogP contribution in [0.1, 0.15) is 118 Å². The van der Waals surface area contributed by atoms with Crippen LogP contribution in [-0.4, -0.2) is 5.54 Å². The van der Waals surface area contributed by atoms with Crippen molar-refractivity contribution < 1.29 is 0 Å². The van der Waals surface area contributed by atoms with E-state index in [2.05, 4.69) is 27.7 Å². The normalized spacial score (nSPS) is 13.0. The minimum Gasteiger partial charge on any atom is -0.325 e. The SMILES string of the molecule is CCCCCCCCCCCCCCC(CC)C(C)(C)N.Cl. The lowest BCUT2D eigenvalue weighted by Crippen LogP contribution is -2.40. The summed E-state index contributed by atoms with van der Waals surface area (Å²) in [5.41, 5.74) is 6.24. The van der Waals surface area contributed by atoms with Gasteiger partial charge in [-0.2, -0.15) is 0 Å². The van der Waals surface area contributed by atoms with Gasteiger partial charge in [0.05, 0.1) is 0 Å². The monoisotopic (exact) mass is 333 g/mol. The first-order valence-corrected chi connectivity index (χ1v) is 9.81. The molecule has 0 aliphatic heterocycles. The van der Waals surface area contributed by atoms with E-state index in [4.69, 9.17) is 5.73 Å². The van der Waals surface area contributed by atoms with Crippen LogP contribution >= 0.6 is 12.4 Å². The molecule has 136 valence electrons. The highest BCUT2D eigenvalue weighted by Crippen LogP contribution is 2.24. The molecular formula is C20H44ClN. The minimum absolute atomic E-state index is 0. The van der Waals surface area contributed by atoms with E-state index < -0.39 is 0 Å². The third kappa shape index (κ3) is 15.2. The van der Waals surface area contributed by atoms with Crippen LogP contribution in [0.3, 0.4) is 0 Å². The Morgan fingerprint density at radius 1 is 0.682 bits per heavy atom. The third-order valence-electron chi connectivity index (χ3n) is 4.95. The Hall–Kier alpha value is 0.250. The number of rotatable bonds is 15. The quantitative estimate of drug-likeness (QED) is 0.313. The molecule has 0 bridgehead atoms. The third-order valence-corrected chi connectivity index (χ3v) is 4.95. The zero-order chi connectivity index (χ0) is 16.0. The molecule has 1 nitrogen and oxygen atoms in total. The van der Waals surface area contributed by atoms with E-state index in [0.717, 1.165) is 0 Å². The van der Waals surface area contributed by atoms with Crippen molar-refractivity contribution >= 4 is 12.4 Å². The predicted octanol–water partition coefficient (Wildman–Crippen LogP) is 7.26. The molecular weight excluding hydrogens is 290 g/mol. The fourth-order valence-electron chi connectivity index (χ4n) is 3.33. The number of unbranched alkanes of at least 4 members (excludes halogenated alkanes) is 11. The molecule has 0 amide bonds. The van der Waals surface area contributed by atoms with Gasteiger partial charge in [0, 0.05) is 5.54 Å². The first-order chi connectivity index (χ1) is 10.0. The molecule has 1 unspecified atom stereocenters. The van der Waals surface area contributed by atoms with Crippen LogP contribution < -0.4 is 5.73 Å². The van der Waals surface area contributed by atoms with Crippen LogP contribution in [0.4, 0.5) is 0 Å². The summed E-state index contributed by atoms with van der Waals surface area (Å²) < 4.78 is 0. The topological polar surface area (TPSA) is 26.0 Å². The molecule has 0 rings (SSSR count). The lowest BCUT2D eigenvalue weighted by molar-refractivity contribution is 0.283. The first-order valence-electron chi connectivity index (χ1n) is 9.81. The highest BCUT2D eigenvalue weighted by Gasteiger charge is 2.22. The van der Waals surface area contributed by atoms with E-state index in [1.165, 1.54) is 89.9 Å². The van der Waals surface area contributed by atoms with Crippen molar-refractivity contribution in [1.29, 1.82) is 0 Å². The molecule has 0 aromatic heterocycles. The van der Waals surface area contributed by atoms with E-state index in [1.807, 2.05) is 0 Å². The average molecular weight is 334 g/mol. The molecule has 0 saturated heterocycles. The highest BCUT2D eigenvalue weighted by molar-refractivity contribution is 5.85. The first kappa shape index (κ1) is 24.5. The lowest BCUT2D eigenvalue weighted by atomic mass is 9.82. The summed E-state index contributed by atoms with van der Waals surface area (Å²) in [5, 5.41) is 0. The lowest BCUT2D eigenvalue weighted by Gasteiger charge is -2.29. The van der Waals surface area contributed by atoms with Crippen LogP contribution in [0, 0.1) is 5.92 Å². The van der Waals surface area contributed by atoms with E-state index >= 15 is 0 Å². The van der Waals surface area contributed by atoms with Crippen LogP contribution in [0.25, 0.3) is 0 Å². The molecule has 0 aliphatic rings. The second-order valence-corrected chi connectivity index (χ2v) is 7.60. The average Bonchev–Trinajstić information content (AvgIpc) is 2.42. The fraction of sp³-hybridized carbons (Fsp3) is 1.00. The molecule has 0 saturated carbocycles. The molecule has 2 heteroatoms. The van der Waals surface area contributed by atoms with E-state index in [-0.39, 0.29) is 17.9 Å². The van der Waals surface area contributed by atoms with Crippen molar-refractivity contribution in [3.8, 4) is 0 Å². The molecule has 0 spiro atoms. The maximum absolute atomic E-state index is 6.23. The van der Waals surface area contributed by atoms with Crippen LogP contribution in [-0.2, 0) is 0 Å². The van der Waals surface area contributed by atoms with Gasteiger partial charge in [-0.25, -0.2) is 0 Å². The van der Waals surface area contributed by atoms with Gasteiger partial charge in [-0.15, -0.1) is 12.4 Å². The molecule has 1 atom stereocenters. The summed E-state index contributed by atoms with van der Waals surface area (Å²) in [7, 11) is 0. The second kappa shape index (κ2) is 16.1. The molecule has 0 radical (unpaired) electrons. The standard InChI is InChI=1S/C20H43N.ClH/c1-5-7-8-9-10-11-12-13-14-15-16-17-18-19(6-2)20(3,4)21;/h19H,5-18,21H2,1-4H3;1H. The molecule has 0 aromatic rings. The molecule has 22 heavy (non-hydrogen) atoms. The predicted molar refractivity (Wildman–Crippen MR) is 105 cm³/mol. The summed E-state index contributed by atoms with van der Waals surface area (Å²) >= 11 is 0. The molecule has 0 fully saturated rings. The van der Waals surface area contributed by atoms with Crippen LogP contribution in [0.5, 0.6) is 0 Å². The summed E-state index contributed by atoms with van der Waals surface area (Å²) in [5.74, 6) is 0.695.